The first kappa shape index (κ1) is 25.8. The number of aromatic nitrogens is 3. The summed E-state index contributed by atoms with van der Waals surface area (Å²) in [6.07, 6.45) is 0.972. The van der Waals surface area contributed by atoms with Crippen molar-refractivity contribution in [3.63, 3.8) is 0 Å². The Bertz CT molecular complexity index is 1200. The molecule has 1 aromatic heterocycles. The second-order valence-electron chi connectivity index (χ2n) is 7.40. The summed E-state index contributed by atoms with van der Waals surface area (Å²) < 4.78 is 7.19. The summed E-state index contributed by atoms with van der Waals surface area (Å²) in [4.78, 5) is 37.0. The third-order valence-corrected chi connectivity index (χ3v) is 6.03. The Kier molecular flexibility index (Phi) is 9.15. The molecule has 1 amide bonds. The maximum Gasteiger partial charge on any atom is 0.346 e. The smallest absolute Gasteiger partial charge is 0.346 e. The Morgan fingerprint density at radius 1 is 1.06 bits per heavy atom. The average molecular weight is 526 g/mol. The van der Waals surface area contributed by atoms with Crippen molar-refractivity contribution in [1.82, 2.24) is 19.7 Å². The number of esters is 1. The maximum absolute atomic E-state index is 13.0. The standard InChI is InChI=1S/C23H23Cl3N4O4/c1-34-21(32)6-3-13-29-22(15-7-9-16(24)10-8-15)28-30(23(29)33)14-20(31)27-12-11-17-18(25)4-2-5-19(17)26/h2,4-5,7-10H,3,6,11-14H2,1H3,(H,27,31). The highest BCUT2D eigenvalue weighted by Crippen LogP contribution is 2.24. The minimum Gasteiger partial charge on any atom is -0.469 e. The third kappa shape index (κ3) is 6.62. The lowest BCUT2D eigenvalue weighted by Crippen LogP contribution is -2.34. The molecule has 0 saturated heterocycles. The Labute approximate surface area is 211 Å². The summed E-state index contributed by atoms with van der Waals surface area (Å²) in [5.41, 5.74) is 0.939. The van der Waals surface area contributed by atoms with Gasteiger partial charge in [-0.25, -0.2) is 9.48 Å². The molecule has 34 heavy (non-hydrogen) atoms. The number of carbonyl (C=O) groups is 2. The zero-order valence-electron chi connectivity index (χ0n) is 18.4. The van der Waals surface area contributed by atoms with E-state index in [1.807, 2.05) is 0 Å². The van der Waals surface area contributed by atoms with Gasteiger partial charge in [0.05, 0.1) is 7.11 Å². The Morgan fingerprint density at radius 3 is 2.38 bits per heavy atom. The molecule has 0 radical (unpaired) electrons. The summed E-state index contributed by atoms with van der Waals surface area (Å²) in [5.74, 6) is -0.374. The normalized spacial score (nSPS) is 10.8. The van der Waals surface area contributed by atoms with E-state index in [2.05, 4.69) is 15.2 Å². The van der Waals surface area contributed by atoms with Gasteiger partial charge in [-0.3, -0.25) is 14.2 Å². The van der Waals surface area contributed by atoms with Crippen molar-refractivity contribution in [2.24, 2.45) is 0 Å². The number of nitrogens with one attached hydrogen (secondary N) is 1. The predicted molar refractivity (Wildman–Crippen MR) is 131 cm³/mol. The van der Waals surface area contributed by atoms with Crippen LogP contribution in [0.4, 0.5) is 0 Å². The largest absolute Gasteiger partial charge is 0.469 e. The van der Waals surface area contributed by atoms with E-state index in [0.29, 0.717) is 45.8 Å². The second-order valence-corrected chi connectivity index (χ2v) is 8.65. The number of nitrogens with zero attached hydrogens (tertiary/aromatic N) is 3. The molecule has 0 saturated carbocycles. The number of benzene rings is 2. The Morgan fingerprint density at radius 2 is 1.74 bits per heavy atom. The number of rotatable bonds is 10. The number of methoxy groups -OCH3 is 1. The van der Waals surface area contributed by atoms with Crippen LogP contribution in [0.3, 0.4) is 0 Å². The van der Waals surface area contributed by atoms with Crippen LogP contribution < -0.4 is 11.0 Å². The lowest BCUT2D eigenvalue weighted by atomic mass is 10.1. The molecule has 11 heteroatoms. The molecule has 1 heterocycles. The fourth-order valence-electron chi connectivity index (χ4n) is 3.33. The van der Waals surface area contributed by atoms with E-state index < -0.39 is 5.69 Å². The monoisotopic (exact) mass is 524 g/mol. The molecular weight excluding hydrogens is 503 g/mol. The van der Waals surface area contributed by atoms with Crippen LogP contribution in [0.2, 0.25) is 15.1 Å². The summed E-state index contributed by atoms with van der Waals surface area (Å²) in [6, 6.07) is 12.1. The first-order valence-corrected chi connectivity index (χ1v) is 11.6. The maximum atomic E-state index is 13.0. The van der Waals surface area contributed by atoms with E-state index in [9.17, 15) is 14.4 Å². The van der Waals surface area contributed by atoms with Gasteiger partial charge in [-0.1, -0.05) is 40.9 Å². The number of amides is 1. The van der Waals surface area contributed by atoms with Crippen molar-refractivity contribution in [2.75, 3.05) is 13.7 Å². The van der Waals surface area contributed by atoms with E-state index in [1.165, 1.54) is 11.7 Å². The van der Waals surface area contributed by atoms with E-state index in [-0.39, 0.29) is 31.4 Å². The SMILES string of the molecule is COC(=O)CCCn1c(-c2ccc(Cl)cc2)nn(CC(=O)NCCc2c(Cl)cccc2Cl)c1=O. The molecule has 0 fully saturated rings. The molecule has 0 spiro atoms. The van der Waals surface area contributed by atoms with Gasteiger partial charge in [-0.2, -0.15) is 0 Å². The molecule has 3 aromatic rings. The molecule has 0 aliphatic rings. The van der Waals surface area contributed by atoms with Crippen LogP contribution in [0.15, 0.2) is 47.3 Å². The fraction of sp³-hybridized carbons (Fsp3) is 0.304. The van der Waals surface area contributed by atoms with Crippen molar-refractivity contribution in [1.29, 1.82) is 0 Å². The van der Waals surface area contributed by atoms with Crippen LogP contribution in [-0.2, 0) is 33.8 Å². The van der Waals surface area contributed by atoms with Crippen LogP contribution in [0.1, 0.15) is 18.4 Å². The number of ether oxygens (including phenoxy) is 1. The molecule has 0 atom stereocenters. The van der Waals surface area contributed by atoms with Gasteiger partial charge in [0.25, 0.3) is 0 Å². The van der Waals surface area contributed by atoms with Gasteiger partial charge in [-0.15, -0.1) is 5.10 Å². The van der Waals surface area contributed by atoms with Crippen LogP contribution in [0.25, 0.3) is 11.4 Å². The van der Waals surface area contributed by atoms with E-state index in [0.717, 1.165) is 10.2 Å². The lowest BCUT2D eigenvalue weighted by molar-refractivity contribution is -0.140. The summed E-state index contributed by atoms with van der Waals surface area (Å²) >= 11 is 18.3. The summed E-state index contributed by atoms with van der Waals surface area (Å²) in [7, 11) is 1.31. The van der Waals surface area contributed by atoms with Crippen molar-refractivity contribution < 1.29 is 14.3 Å². The van der Waals surface area contributed by atoms with Gasteiger partial charge in [-0.05, 0) is 54.8 Å². The molecular formula is C23H23Cl3N4O4. The van der Waals surface area contributed by atoms with Crippen LogP contribution in [0, 0.1) is 0 Å². The van der Waals surface area contributed by atoms with Crippen molar-refractivity contribution in [3.8, 4) is 11.4 Å². The highest BCUT2D eigenvalue weighted by molar-refractivity contribution is 6.36. The molecule has 0 aliphatic carbocycles. The minimum absolute atomic E-state index is 0.152. The van der Waals surface area contributed by atoms with Gasteiger partial charge >= 0.3 is 11.7 Å². The molecule has 3 rings (SSSR count). The molecule has 0 aliphatic heterocycles. The molecule has 180 valence electrons. The molecule has 0 bridgehead atoms. The Hall–Kier alpha value is -2.81. The van der Waals surface area contributed by atoms with Gasteiger partial charge < -0.3 is 10.1 Å². The van der Waals surface area contributed by atoms with Gasteiger partial charge in [0.15, 0.2) is 5.82 Å². The van der Waals surface area contributed by atoms with Gasteiger partial charge in [0.1, 0.15) is 6.54 Å². The van der Waals surface area contributed by atoms with E-state index in [4.69, 9.17) is 34.8 Å². The van der Waals surface area contributed by atoms with Crippen molar-refractivity contribution in [2.45, 2.75) is 32.4 Å². The number of carbonyl (C=O) groups excluding carboxylic acids is 2. The first-order chi connectivity index (χ1) is 16.3. The Balaban J connectivity index is 1.73. The highest BCUT2D eigenvalue weighted by Gasteiger charge is 2.17. The lowest BCUT2D eigenvalue weighted by Gasteiger charge is -2.08. The summed E-state index contributed by atoms with van der Waals surface area (Å²) in [6.45, 7) is 0.263. The molecule has 0 unspecified atom stereocenters. The van der Waals surface area contributed by atoms with Gasteiger partial charge in [0.2, 0.25) is 5.91 Å². The second kappa shape index (κ2) is 12.1. The van der Waals surface area contributed by atoms with Gasteiger partial charge in [0, 0.05) is 40.1 Å². The fourth-order valence-corrected chi connectivity index (χ4v) is 4.04. The van der Waals surface area contributed by atoms with E-state index in [1.54, 1.807) is 42.5 Å². The number of halogens is 3. The highest BCUT2D eigenvalue weighted by atomic mass is 35.5. The molecule has 8 nitrogen and oxygen atoms in total. The topological polar surface area (TPSA) is 95.2 Å². The third-order valence-electron chi connectivity index (χ3n) is 5.07. The molecule has 2 aromatic carbocycles. The zero-order valence-corrected chi connectivity index (χ0v) is 20.7. The van der Waals surface area contributed by atoms with Crippen LogP contribution >= 0.6 is 34.8 Å². The number of hydrogen-bond acceptors (Lipinski definition) is 5. The summed E-state index contributed by atoms with van der Waals surface area (Å²) in [5, 5.41) is 8.72. The van der Waals surface area contributed by atoms with Crippen molar-refractivity contribution in [3.05, 3.63) is 73.6 Å². The quantitative estimate of drug-likeness (QED) is 0.404. The van der Waals surface area contributed by atoms with Crippen molar-refractivity contribution >= 4 is 46.7 Å². The van der Waals surface area contributed by atoms with E-state index >= 15 is 0 Å². The van der Waals surface area contributed by atoms with Crippen LogP contribution in [-0.4, -0.2) is 39.9 Å². The first-order valence-electron chi connectivity index (χ1n) is 10.5. The number of hydrogen-bond donors (Lipinski definition) is 1. The van der Waals surface area contributed by atoms with Crippen LogP contribution in [0.5, 0.6) is 0 Å². The average Bonchev–Trinajstić information content (AvgIpc) is 3.11. The molecule has 1 N–H and O–H groups in total. The predicted octanol–water partition coefficient (Wildman–Crippen LogP) is 3.98. The minimum atomic E-state index is -0.459. The zero-order chi connectivity index (χ0) is 24.7.